The molecule has 1 fully saturated rings. The van der Waals surface area contributed by atoms with Gasteiger partial charge in [-0.25, -0.2) is 9.69 Å². The van der Waals surface area contributed by atoms with Crippen LogP contribution >= 0.6 is 0 Å². The number of carbonyl (C=O) groups is 3. The number of imide groups is 2. The van der Waals surface area contributed by atoms with Crippen molar-refractivity contribution >= 4 is 29.6 Å². The smallest absolute Gasteiger partial charge is 0.335 e. The van der Waals surface area contributed by atoms with Gasteiger partial charge in [-0.3, -0.25) is 14.9 Å². The molecule has 0 radical (unpaired) electrons. The van der Waals surface area contributed by atoms with Gasteiger partial charge in [-0.15, -0.1) is 0 Å². The Balaban J connectivity index is 2.01. The van der Waals surface area contributed by atoms with Crippen LogP contribution in [0.15, 0.2) is 42.0 Å². The second-order valence-electron chi connectivity index (χ2n) is 6.48. The predicted octanol–water partition coefficient (Wildman–Crippen LogP) is 3.24. The van der Waals surface area contributed by atoms with E-state index < -0.39 is 17.8 Å². The van der Waals surface area contributed by atoms with E-state index in [-0.39, 0.29) is 11.3 Å². The van der Waals surface area contributed by atoms with E-state index in [0.29, 0.717) is 22.4 Å². The standard InChI is InChI=1S/C21H20N2O4/c1-4-14-5-7-16(8-6-14)23-20(26)17(19(25)22-21(23)27)11-15-9-12(2)18(24)13(3)10-15/h5-11,24H,4H2,1-3H3,(H,22,25,27)/b17-11+. The van der Waals surface area contributed by atoms with Crippen LogP contribution in [0.1, 0.15) is 29.2 Å². The number of nitrogens with one attached hydrogen (secondary N) is 1. The number of benzene rings is 2. The van der Waals surface area contributed by atoms with Crippen LogP contribution in [0.5, 0.6) is 5.75 Å². The number of anilines is 1. The Morgan fingerprint density at radius 1 is 1.04 bits per heavy atom. The number of phenolic OH excluding ortho intramolecular Hbond substituents is 1. The van der Waals surface area contributed by atoms with Gasteiger partial charge in [-0.2, -0.15) is 0 Å². The lowest BCUT2D eigenvalue weighted by Gasteiger charge is -2.26. The highest BCUT2D eigenvalue weighted by Gasteiger charge is 2.36. The van der Waals surface area contributed by atoms with Gasteiger partial charge < -0.3 is 5.11 Å². The summed E-state index contributed by atoms with van der Waals surface area (Å²) in [5.41, 5.74) is 3.19. The lowest BCUT2D eigenvalue weighted by molar-refractivity contribution is -0.122. The van der Waals surface area contributed by atoms with E-state index in [2.05, 4.69) is 5.32 Å². The quantitative estimate of drug-likeness (QED) is 0.647. The fraction of sp³-hybridized carbons (Fsp3) is 0.190. The highest BCUT2D eigenvalue weighted by atomic mass is 16.3. The van der Waals surface area contributed by atoms with E-state index in [0.717, 1.165) is 16.9 Å². The molecule has 6 heteroatoms. The van der Waals surface area contributed by atoms with Crippen LogP contribution in [-0.2, 0) is 16.0 Å². The molecule has 1 aliphatic heterocycles. The monoisotopic (exact) mass is 364 g/mol. The second kappa shape index (κ2) is 7.07. The lowest BCUT2D eigenvalue weighted by Crippen LogP contribution is -2.54. The van der Waals surface area contributed by atoms with Crippen molar-refractivity contribution in [2.75, 3.05) is 4.90 Å². The minimum Gasteiger partial charge on any atom is -0.507 e. The summed E-state index contributed by atoms with van der Waals surface area (Å²) in [5, 5.41) is 12.1. The molecule has 2 N–H and O–H groups in total. The summed E-state index contributed by atoms with van der Waals surface area (Å²) in [5.74, 6) is -1.25. The highest BCUT2D eigenvalue weighted by molar-refractivity contribution is 6.39. The average molecular weight is 364 g/mol. The van der Waals surface area contributed by atoms with E-state index in [1.807, 2.05) is 19.1 Å². The molecule has 1 heterocycles. The molecule has 0 aliphatic carbocycles. The maximum Gasteiger partial charge on any atom is 0.335 e. The second-order valence-corrected chi connectivity index (χ2v) is 6.48. The van der Waals surface area contributed by atoms with Crippen molar-refractivity contribution in [2.45, 2.75) is 27.2 Å². The molecule has 0 unspecified atom stereocenters. The molecule has 4 amide bonds. The van der Waals surface area contributed by atoms with Crippen LogP contribution in [0.3, 0.4) is 0 Å². The number of amides is 4. The van der Waals surface area contributed by atoms with Gasteiger partial charge in [-0.05, 0) is 72.9 Å². The molecule has 1 aliphatic rings. The topological polar surface area (TPSA) is 86.7 Å². The maximum absolute atomic E-state index is 12.9. The summed E-state index contributed by atoms with van der Waals surface area (Å²) in [6.45, 7) is 5.48. The normalized spacial score (nSPS) is 16.0. The Morgan fingerprint density at radius 2 is 1.63 bits per heavy atom. The first-order valence-corrected chi connectivity index (χ1v) is 8.62. The number of aromatic hydroxyl groups is 1. The molecule has 2 aromatic rings. The van der Waals surface area contributed by atoms with Crippen LogP contribution in [-0.4, -0.2) is 23.0 Å². The van der Waals surface area contributed by atoms with Gasteiger partial charge in [0.25, 0.3) is 11.8 Å². The Morgan fingerprint density at radius 3 is 2.19 bits per heavy atom. The molecule has 0 atom stereocenters. The Bertz CT molecular complexity index is 951. The van der Waals surface area contributed by atoms with E-state index >= 15 is 0 Å². The predicted molar refractivity (Wildman–Crippen MR) is 102 cm³/mol. The number of phenols is 1. The number of barbiturate groups is 1. The zero-order valence-corrected chi connectivity index (χ0v) is 15.4. The fourth-order valence-corrected chi connectivity index (χ4v) is 3.01. The van der Waals surface area contributed by atoms with Crippen molar-refractivity contribution in [3.8, 4) is 5.75 Å². The van der Waals surface area contributed by atoms with E-state index in [1.165, 1.54) is 6.08 Å². The van der Waals surface area contributed by atoms with Crippen LogP contribution in [0, 0.1) is 13.8 Å². The summed E-state index contributed by atoms with van der Waals surface area (Å²) >= 11 is 0. The Hall–Kier alpha value is -3.41. The van der Waals surface area contributed by atoms with Gasteiger partial charge in [-0.1, -0.05) is 19.1 Å². The SMILES string of the molecule is CCc1ccc(N2C(=O)NC(=O)/C(=C\c3cc(C)c(O)c(C)c3)C2=O)cc1. The minimum atomic E-state index is -0.774. The number of urea groups is 1. The molecule has 0 spiro atoms. The molecular weight excluding hydrogens is 344 g/mol. The van der Waals surface area contributed by atoms with Gasteiger partial charge >= 0.3 is 6.03 Å². The summed E-state index contributed by atoms with van der Waals surface area (Å²) in [6.07, 6.45) is 2.26. The van der Waals surface area contributed by atoms with Crippen LogP contribution in [0.4, 0.5) is 10.5 Å². The first-order chi connectivity index (χ1) is 12.8. The molecule has 0 aromatic heterocycles. The third-order valence-corrected chi connectivity index (χ3v) is 4.53. The number of hydrogen-bond donors (Lipinski definition) is 2. The number of rotatable bonds is 3. The zero-order valence-electron chi connectivity index (χ0n) is 15.4. The highest BCUT2D eigenvalue weighted by Crippen LogP contribution is 2.26. The van der Waals surface area contributed by atoms with E-state index in [9.17, 15) is 19.5 Å². The first kappa shape index (κ1) is 18.4. The van der Waals surface area contributed by atoms with Crippen molar-refractivity contribution in [1.82, 2.24) is 5.32 Å². The minimum absolute atomic E-state index is 0.140. The van der Waals surface area contributed by atoms with Gasteiger partial charge in [0, 0.05) is 0 Å². The van der Waals surface area contributed by atoms with Crippen molar-refractivity contribution in [3.63, 3.8) is 0 Å². The third-order valence-electron chi connectivity index (χ3n) is 4.53. The number of aryl methyl sites for hydroxylation is 3. The van der Waals surface area contributed by atoms with Crippen LogP contribution in [0.25, 0.3) is 6.08 Å². The van der Waals surface area contributed by atoms with Gasteiger partial charge in [0.2, 0.25) is 0 Å². The Labute approximate surface area is 157 Å². The average Bonchev–Trinajstić information content (AvgIpc) is 2.63. The molecule has 0 saturated carbocycles. The number of carbonyl (C=O) groups excluding carboxylic acids is 3. The van der Waals surface area contributed by atoms with Gasteiger partial charge in [0.05, 0.1) is 5.69 Å². The zero-order chi connectivity index (χ0) is 19.7. The number of hydrogen-bond acceptors (Lipinski definition) is 4. The molecule has 138 valence electrons. The summed E-state index contributed by atoms with van der Waals surface area (Å²) in [6, 6.07) is 9.60. The largest absolute Gasteiger partial charge is 0.507 e. The summed E-state index contributed by atoms with van der Waals surface area (Å²) in [4.78, 5) is 38.3. The summed E-state index contributed by atoms with van der Waals surface area (Å²) < 4.78 is 0. The van der Waals surface area contributed by atoms with Gasteiger partial charge in [0.15, 0.2) is 0 Å². The Kier molecular flexibility index (Phi) is 4.81. The fourth-order valence-electron chi connectivity index (χ4n) is 3.01. The van der Waals surface area contributed by atoms with Gasteiger partial charge in [0.1, 0.15) is 11.3 Å². The molecule has 3 rings (SSSR count). The molecule has 0 bridgehead atoms. The third kappa shape index (κ3) is 3.46. The van der Waals surface area contributed by atoms with E-state index in [4.69, 9.17) is 0 Å². The molecule has 6 nitrogen and oxygen atoms in total. The maximum atomic E-state index is 12.9. The van der Waals surface area contributed by atoms with E-state index in [1.54, 1.807) is 38.1 Å². The molecular formula is C21H20N2O4. The van der Waals surface area contributed by atoms with Crippen LogP contribution in [0.2, 0.25) is 0 Å². The van der Waals surface area contributed by atoms with Crippen LogP contribution < -0.4 is 10.2 Å². The first-order valence-electron chi connectivity index (χ1n) is 8.62. The summed E-state index contributed by atoms with van der Waals surface area (Å²) in [7, 11) is 0. The van der Waals surface area contributed by atoms with Crippen molar-refractivity contribution in [3.05, 3.63) is 64.2 Å². The number of nitrogens with zero attached hydrogens (tertiary/aromatic N) is 1. The molecule has 2 aromatic carbocycles. The van der Waals surface area contributed by atoms with Crippen molar-refractivity contribution in [1.29, 1.82) is 0 Å². The van der Waals surface area contributed by atoms with Crippen molar-refractivity contribution < 1.29 is 19.5 Å². The molecule has 27 heavy (non-hydrogen) atoms. The lowest BCUT2D eigenvalue weighted by atomic mass is 10.0. The molecule has 1 saturated heterocycles. The van der Waals surface area contributed by atoms with Crippen molar-refractivity contribution in [2.24, 2.45) is 0 Å².